The summed E-state index contributed by atoms with van der Waals surface area (Å²) in [6.45, 7) is 0. The van der Waals surface area contributed by atoms with Gasteiger partial charge in [0, 0.05) is 19.3 Å². The Morgan fingerprint density at radius 3 is 2.67 bits per heavy atom. The summed E-state index contributed by atoms with van der Waals surface area (Å²) in [4.78, 5) is 14.0. The fourth-order valence-corrected chi connectivity index (χ4v) is 1.21. The summed E-state index contributed by atoms with van der Waals surface area (Å²) in [6, 6.07) is 7.39. The maximum atomic E-state index is 5.58. The molecule has 0 aliphatic rings. The molecule has 0 bridgehead atoms. The molecule has 0 aliphatic heterocycles. The first kappa shape index (κ1) is 9.39. The summed E-state index contributed by atoms with van der Waals surface area (Å²) >= 11 is 0. The van der Waals surface area contributed by atoms with Gasteiger partial charge in [0.1, 0.15) is 23.8 Å². The molecule has 0 spiro atoms. The van der Waals surface area contributed by atoms with Crippen LogP contribution in [0.1, 0.15) is 0 Å². The molecule has 0 saturated heterocycles. The summed E-state index contributed by atoms with van der Waals surface area (Å²) in [6.07, 6.45) is 3.17. The highest BCUT2D eigenvalue weighted by Crippen LogP contribution is 2.18. The van der Waals surface area contributed by atoms with Crippen LogP contribution in [0.4, 0.5) is 17.5 Å². The van der Waals surface area contributed by atoms with Crippen LogP contribution in [0, 0.1) is 0 Å². The van der Waals surface area contributed by atoms with E-state index in [1.165, 1.54) is 6.33 Å². The molecule has 2 heterocycles. The van der Waals surface area contributed by atoms with Gasteiger partial charge in [-0.05, 0) is 12.1 Å². The van der Waals surface area contributed by atoms with E-state index >= 15 is 0 Å². The highest BCUT2D eigenvalue weighted by atomic mass is 15.2. The second kappa shape index (κ2) is 3.91. The lowest BCUT2D eigenvalue weighted by molar-refractivity contribution is 1.05. The molecule has 2 N–H and O–H groups in total. The lowest BCUT2D eigenvalue weighted by Gasteiger charge is -2.16. The number of nitrogen functional groups attached to an aromatic ring is 1. The zero-order chi connectivity index (χ0) is 10.7. The van der Waals surface area contributed by atoms with E-state index in [-0.39, 0.29) is 0 Å². The predicted molar refractivity (Wildman–Crippen MR) is 58.7 cm³/mol. The Hall–Kier alpha value is -2.17. The largest absolute Gasteiger partial charge is 0.384 e. The predicted octanol–water partition coefficient (Wildman–Crippen LogP) is 1.22. The minimum Gasteiger partial charge on any atom is -0.384 e. The average molecular weight is 201 g/mol. The molecule has 2 aromatic heterocycles. The number of nitrogens with zero attached hydrogens (tertiary/aromatic N) is 4. The van der Waals surface area contributed by atoms with Crippen LogP contribution < -0.4 is 10.6 Å². The molecule has 2 rings (SSSR count). The van der Waals surface area contributed by atoms with Crippen molar-refractivity contribution in [3.05, 3.63) is 36.8 Å². The summed E-state index contributed by atoms with van der Waals surface area (Å²) in [5.74, 6) is 1.99. The van der Waals surface area contributed by atoms with Crippen molar-refractivity contribution in [3.8, 4) is 0 Å². The molecule has 5 heteroatoms. The van der Waals surface area contributed by atoms with Crippen LogP contribution >= 0.6 is 0 Å². The van der Waals surface area contributed by atoms with Crippen molar-refractivity contribution in [3.63, 3.8) is 0 Å². The van der Waals surface area contributed by atoms with Gasteiger partial charge in [-0.3, -0.25) is 0 Å². The van der Waals surface area contributed by atoms with Crippen molar-refractivity contribution in [1.29, 1.82) is 0 Å². The standard InChI is InChI=1S/C10H11N5/c1-15(9-4-2-3-5-12-9)10-6-8(11)13-7-14-10/h2-7H,1H3,(H2,11,13,14). The number of hydrogen-bond donors (Lipinski definition) is 1. The molecule has 0 amide bonds. The van der Waals surface area contributed by atoms with Crippen LogP contribution in [-0.2, 0) is 0 Å². The minimum atomic E-state index is 0.447. The number of anilines is 3. The number of pyridine rings is 1. The molecule has 0 unspecified atom stereocenters. The van der Waals surface area contributed by atoms with Gasteiger partial charge in [0.2, 0.25) is 0 Å². The Balaban J connectivity index is 2.32. The van der Waals surface area contributed by atoms with Crippen molar-refractivity contribution in [1.82, 2.24) is 15.0 Å². The maximum Gasteiger partial charge on any atom is 0.139 e. The van der Waals surface area contributed by atoms with Crippen LogP contribution in [-0.4, -0.2) is 22.0 Å². The highest BCUT2D eigenvalue weighted by molar-refractivity contribution is 5.56. The molecule has 2 aromatic rings. The molecular formula is C10H11N5. The molecule has 5 nitrogen and oxygen atoms in total. The van der Waals surface area contributed by atoms with E-state index in [0.29, 0.717) is 5.82 Å². The van der Waals surface area contributed by atoms with Gasteiger partial charge >= 0.3 is 0 Å². The van der Waals surface area contributed by atoms with E-state index in [9.17, 15) is 0 Å². The van der Waals surface area contributed by atoms with E-state index in [0.717, 1.165) is 11.6 Å². The molecule has 0 aromatic carbocycles. The van der Waals surface area contributed by atoms with Gasteiger partial charge < -0.3 is 10.6 Å². The molecule has 0 radical (unpaired) electrons. The van der Waals surface area contributed by atoms with E-state index in [1.807, 2.05) is 30.1 Å². The van der Waals surface area contributed by atoms with Crippen LogP contribution in [0.2, 0.25) is 0 Å². The molecule has 15 heavy (non-hydrogen) atoms. The van der Waals surface area contributed by atoms with Crippen LogP contribution in [0.25, 0.3) is 0 Å². The number of hydrogen-bond acceptors (Lipinski definition) is 5. The third kappa shape index (κ3) is 2.01. The second-order valence-corrected chi connectivity index (χ2v) is 3.05. The monoisotopic (exact) mass is 201 g/mol. The Bertz CT molecular complexity index is 443. The van der Waals surface area contributed by atoms with Crippen LogP contribution in [0.3, 0.4) is 0 Å². The number of aromatic nitrogens is 3. The highest BCUT2D eigenvalue weighted by Gasteiger charge is 2.05. The maximum absolute atomic E-state index is 5.58. The Morgan fingerprint density at radius 1 is 1.13 bits per heavy atom. The Morgan fingerprint density at radius 2 is 2.00 bits per heavy atom. The van der Waals surface area contributed by atoms with E-state index in [1.54, 1.807) is 12.3 Å². The quantitative estimate of drug-likeness (QED) is 0.791. The first-order valence-corrected chi connectivity index (χ1v) is 4.49. The fraction of sp³-hybridized carbons (Fsp3) is 0.100. The molecule has 0 aliphatic carbocycles. The smallest absolute Gasteiger partial charge is 0.139 e. The van der Waals surface area contributed by atoms with E-state index in [2.05, 4.69) is 15.0 Å². The lowest BCUT2D eigenvalue weighted by atomic mass is 10.4. The van der Waals surface area contributed by atoms with Crippen molar-refractivity contribution >= 4 is 17.5 Å². The van der Waals surface area contributed by atoms with Crippen molar-refractivity contribution in [2.24, 2.45) is 0 Å². The SMILES string of the molecule is CN(c1ccccn1)c1cc(N)ncn1. The van der Waals surface area contributed by atoms with Gasteiger partial charge in [-0.1, -0.05) is 6.07 Å². The van der Waals surface area contributed by atoms with Crippen molar-refractivity contribution < 1.29 is 0 Å². The number of nitrogens with two attached hydrogens (primary N) is 1. The first-order valence-electron chi connectivity index (χ1n) is 4.49. The first-order chi connectivity index (χ1) is 7.27. The minimum absolute atomic E-state index is 0.447. The lowest BCUT2D eigenvalue weighted by Crippen LogP contribution is -2.13. The van der Waals surface area contributed by atoms with Crippen molar-refractivity contribution in [2.45, 2.75) is 0 Å². The Kier molecular flexibility index (Phi) is 2.45. The summed E-state index contributed by atoms with van der Waals surface area (Å²) < 4.78 is 0. The molecule has 0 atom stereocenters. The topological polar surface area (TPSA) is 67.9 Å². The fourth-order valence-electron chi connectivity index (χ4n) is 1.21. The second-order valence-electron chi connectivity index (χ2n) is 3.05. The molecule has 76 valence electrons. The molecule has 0 saturated carbocycles. The van der Waals surface area contributed by atoms with Crippen LogP contribution in [0.15, 0.2) is 36.8 Å². The van der Waals surface area contributed by atoms with Gasteiger partial charge in [-0.2, -0.15) is 0 Å². The number of rotatable bonds is 2. The average Bonchev–Trinajstić information content (AvgIpc) is 2.29. The van der Waals surface area contributed by atoms with Gasteiger partial charge in [0.05, 0.1) is 0 Å². The Labute approximate surface area is 87.6 Å². The van der Waals surface area contributed by atoms with Gasteiger partial charge in [-0.25, -0.2) is 15.0 Å². The third-order valence-electron chi connectivity index (χ3n) is 2.01. The molecular weight excluding hydrogens is 190 g/mol. The van der Waals surface area contributed by atoms with E-state index in [4.69, 9.17) is 5.73 Å². The van der Waals surface area contributed by atoms with E-state index < -0.39 is 0 Å². The summed E-state index contributed by atoms with van der Waals surface area (Å²) in [5.41, 5.74) is 5.58. The zero-order valence-electron chi connectivity index (χ0n) is 8.33. The van der Waals surface area contributed by atoms with Crippen LogP contribution in [0.5, 0.6) is 0 Å². The zero-order valence-corrected chi connectivity index (χ0v) is 8.33. The van der Waals surface area contributed by atoms with Crippen molar-refractivity contribution in [2.75, 3.05) is 17.7 Å². The van der Waals surface area contributed by atoms with Gasteiger partial charge in [-0.15, -0.1) is 0 Å². The normalized spacial score (nSPS) is 9.93. The van der Waals surface area contributed by atoms with Gasteiger partial charge in [0.25, 0.3) is 0 Å². The molecule has 0 fully saturated rings. The third-order valence-corrected chi connectivity index (χ3v) is 2.01. The summed E-state index contributed by atoms with van der Waals surface area (Å²) in [5, 5.41) is 0. The van der Waals surface area contributed by atoms with Gasteiger partial charge in [0.15, 0.2) is 0 Å². The summed E-state index contributed by atoms with van der Waals surface area (Å²) in [7, 11) is 1.88.